The fourth-order valence-electron chi connectivity index (χ4n) is 1.57. The van der Waals surface area contributed by atoms with Gasteiger partial charge < -0.3 is 10.5 Å². The quantitative estimate of drug-likeness (QED) is 0.775. The first kappa shape index (κ1) is 13.3. The van der Waals surface area contributed by atoms with Gasteiger partial charge in [0, 0.05) is 23.1 Å². The lowest BCUT2D eigenvalue weighted by molar-refractivity contribution is 0.407. The molecule has 90 valence electrons. The van der Waals surface area contributed by atoms with Crippen molar-refractivity contribution in [2.45, 2.75) is 26.0 Å². The monoisotopic (exact) mass is 240 g/mol. The molecule has 0 amide bonds. The molecule has 0 fully saturated rings. The van der Waals surface area contributed by atoms with Gasteiger partial charge in [-0.25, -0.2) is 0 Å². The highest BCUT2D eigenvalue weighted by Crippen LogP contribution is 2.26. The number of hydrogen-bond donors (Lipinski definition) is 1. The van der Waals surface area contributed by atoms with Gasteiger partial charge in [-0.15, -0.1) is 0 Å². The van der Waals surface area contributed by atoms with E-state index in [1.54, 1.807) is 7.11 Å². The Morgan fingerprint density at radius 2 is 2.19 bits per heavy atom. The lowest BCUT2D eigenvalue weighted by Gasteiger charge is -2.11. The molecule has 0 bridgehead atoms. The average molecular weight is 240 g/mol. The molecule has 0 aliphatic carbocycles. The van der Waals surface area contributed by atoms with Crippen molar-refractivity contribution in [2.75, 3.05) is 19.4 Å². The van der Waals surface area contributed by atoms with Crippen molar-refractivity contribution >= 4 is 11.8 Å². The van der Waals surface area contributed by atoms with Gasteiger partial charge in [0.1, 0.15) is 5.75 Å². The van der Waals surface area contributed by atoms with Gasteiger partial charge in [-0.05, 0) is 32.6 Å². The van der Waals surface area contributed by atoms with E-state index in [1.165, 1.54) is 0 Å². The van der Waals surface area contributed by atoms with E-state index in [1.807, 2.05) is 24.9 Å². The molecule has 1 heterocycles. The van der Waals surface area contributed by atoms with Crippen LogP contribution < -0.4 is 10.5 Å². The van der Waals surface area contributed by atoms with Gasteiger partial charge in [-0.3, -0.25) is 4.98 Å². The van der Waals surface area contributed by atoms with Crippen molar-refractivity contribution in [3.8, 4) is 5.75 Å². The number of pyridine rings is 1. The molecule has 1 aromatic heterocycles. The van der Waals surface area contributed by atoms with Crippen LogP contribution in [0.25, 0.3) is 0 Å². The molecule has 0 radical (unpaired) electrons. The van der Waals surface area contributed by atoms with Crippen LogP contribution in [-0.2, 0) is 5.75 Å². The van der Waals surface area contributed by atoms with Crippen LogP contribution in [0, 0.1) is 13.8 Å². The van der Waals surface area contributed by atoms with Crippen molar-refractivity contribution in [2.24, 2.45) is 5.73 Å². The fourth-order valence-corrected chi connectivity index (χ4v) is 2.57. The maximum absolute atomic E-state index is 5.45. The molecule has 1 aromatic rings. The van der Waals surface area contributed by atoms with E-state index in [-0.39, 0.29) is 0 Å². The van der Waals surface area contributed by atoms with Crippen LogP contribution in [0.5, 0.6) is 5.75 Å². The first-order valence-electron chi connectivity index (χ1n) is 5.47. The van der Waals surface area contributed by atoms with Gasteiger partial charge in [0.15, 0.2) is 0 Å². The minimum Gasteiger partial charge on any atom is -0.496 e. The molecule has 0 aliphatic rings. The lowest BCUT2D eigenvalue weighted by Crippen LogP contribution is -2.01. The molecule has 3 nitrogen and oxygen atoms in total. The summed E-state index contributed by atoms with van der Waals surface area (Å²) in [5.41, 5.74) is 8.82. The molecule has 1 rings (SSSR count). The van der Waals surface area contributed by atoms with Gasteiger partial charge in [0.2, 0.25) is 0 Å². The Bertz CT molecular complexity index is 342. The second-order valence-corrected chi connectivity index (χ2v) is 4.85. The van der Waals surface area contributed by atoms with Crippen LogP contribution in [0.15, 0.2) is 6.20 Å². The molecular weight excluding hydrogens is 220 g/mol. The summed E-state index contributed by atoms with van der Waals surface area (Å²) < 4.78 is 5.37. The number of hydrogen-bond acceptors (Lipinski definition) is 4. The number of nitrogens with zero attached hydrogens (tertiary/aromatic N) is 1. The average Bonchev–Trinajstić information content (AvgIpc) is 2.28. The van der Waals surface area contributed by atoms with E-state index in [9.17, 15) is 0 Å². The SMILES string of the molecule is COc1c(C)cnc(CSCCCN)c1C. The first-order valence-corrected chi connectivity index (χ1v) is 6.63. The third-order valence-electron chi connectivity index (χ3n) is 2.48. The van der Waals surface area contributed by atoms with Gasteiger partial charge in [0.05, 0.1) is 12.8 Å². The summed E-state index contributed by atoms with van der Waals surface area (Å²) in [4.78, 5) is 4.45. The summed E-state index contributed by atoms with van der Waals surface area (Å²) in [6.45, 7) is 4.85. The van der Waals surface area contributed by atoms with Crippen LogP contribution in [0.2, 0.25) is 0 Å². The number of ether oxygens (including phenoxy) is 1. The van der Waals surface area contributed by atoms with Gasteiger partial charge in [0.25, 0.3) is 0 Å². The Morgan fingerprint density at radius 3 is 2.81 bits per heavy atom. The van der Waals surface area contributed by atoms with Gasteiger partial charge in [-0.2, -0.15) is 11.8 Å². The van der Waals surface area contributed by atoms with Crippen LogP contribution >= 0.6 is 11.8 Å². The zero-order chi connectivity index (χ0) is 12.0. The van der Waals surface area contributed by atoms with Crippen LogP contribution in [0.3, 0.4) is 0 Å². The highest BCUT2D eigenvalue weighted by Gasteiger charge is 2.08. The fraction of sp³-hybridized carbons (Fsp3) is 0.583. The summed E-state index contributed by atoms with van der Waals surface area (Å²) in [6.07, 6.45) is 2.94. The van der Waals surface area contributed by atoms with Crippen molar-refractivity contribution in [3.63, 3.8) is 0 Å². The van der Waals surface area contributed by atoms with E-state index in [2.05, 4.69) is 11.9 Å². The van der Waals surface area contributed by atoms with Crippen LogP contribution in [0.1, 0.15) is 23.2 Å². The largest absolute Gasteiger partial charge is 0.496 e. The van der Waals surface area contributed by atoms with Crippen molar-refractivity contribution in [1.82, 2.24) is 4.98 Å². The number of methoxy groups -OCH3 is 1. The third-order valence-corrected chi connectivity index (χ3v) is 3.54. The first-order chi connectivity index (χ1) is 7.70. The minimum absolute atomic E-state index is 0.761. The normalized spacial score (nSPS) is 10.5. The summed E-state index contributed by atoms with van der Waals surface area (Å²) >= 11 is 1.87. The molecule has 0 spiro atoms. The molecule has 16 heavy (non-hydrogen) atoms. The van der Waals surface area contributed by atoms with Crippen molar-refractivity contribution < 1.29 is 4.74 Å². The van der Waals surface area contributed by atoms with E-state index < -0.39 is 0 Å². The maximum atomic E-state index is 5.45. The smallest absolute Gasteiger partial charge is 0.128 e. The Balaban J connectivity index is 2.66. The predicted molar refractivity (Wildman–Crippen MR) is 70.1 cm³/mol. The second-order valence-electron chi connectivity index (χ2n) is 3.74. The van der Waals surface area contributed by atoms with E-state index in [0.717, 1.165) is 47.0 Å². The Morgan fingerprint density at radius 1 is 1.44 bits per heavy atom. The number of nitrogens with two attached hydrogens (primary N) is 1. The van der Waals surface area contributed by atoms with Crippen LogP contribution in [-0.4, -0.2) is 24.4 Å². The molecule has 0 saturated carbocycles. The molecular formula is C12H20N2OS. The number of rotatable bonds is 6. The maximum Gasteiger partial charge on any atom is 0.128 e. The zero-order valence-electron chi connectivity index (χ0n) is 10.2. The molecule has 0 atom stereocenters. The number of thioether (sulfide) groups is 1. The Labute approximate surface area is 102 Å². The lowest BCUT2D eigenvalue weighted by atomic mass is 10.1. The highest BCUT2D eigenvalue weighted by molar-refractivity contribution is 7.98. The van der Waals surface area contributed by atoms with Gasteiger partial charge >= 0.3 is 0 Å². The summed E-state index contributed by atoms with van der Waals surface area (Å²) in [7, 11) is 1.71. The van der Waals surface area contributed by atoms with Gasteiger partial charge in [-0.1, -0.05) is 0 Å². The topological polar surface area (TPSA) is 48.1 Å². The standard InChI is InChI=1S/C12H20N2OS/c1-9-7-14-11(8-16-6-4-5-13)10(2)12(9)15-3/h7H,4-6,8,13H2,1-3H3. The van der Waals surface area contributed by atoms with E-state index >= 15 is 0 Å². The summed E-state index contributed by atoms with van der Waals surface area (Å²) in [5, 5.41) is 0. The zero-order valence-corrected chi connectivity index (χ0v) is 11.1. The molecule has 0 aliphatic heterocycles. The number of aromatic nitrogens is 1. The predicted octanol–water partition coefficient (Wildman–Crippen LogP) is 2.29. The molecule has 2 N–H and O–H groups in total. The molecule has 0 unspecified atom stereocenters. The molecule has 0 aromatic carbocycles. The minimum atomic E-state index is 0.761. The molecule has 4 heteroatoms. The van der Waals surface area contributed by atoms with Crippen molar-refractivity contribution in [3.05, 3.63) is 23.0 Å². The Hall–Kier alpha value is -0.740. The summed E-state index contributed by atoms with van der Waals surface area (Å²) in [5.74, 6) is 2.99. The molecule has 0 saturated heterocycles. The highest BCUT2D eigenvalue weighted by atomic mass is 32.2. The van der Waals surface area contributed by atoms with E-state index in [4.69, 9.17) is 10.5 Å². The third kappa shape index (κ3) is 3.39. The number of aryl methyl sites for hydroxylation is 1. The van der Waals surface area contributed by atoms with Crippen molar-refractivity contribution in [1.29, 1.82) is 0 Å². The Kier molecular flexibility index (Phi) is 5.63. The summed E-state index contributed by atoms with van der Waals surface area (Å²) in [6, 6.07) is 0. The van der Waals surface area contributed by atoms with Crippen LogP contribution in [0.4, 0.5) is 0 Å². The van der Waals surface area contributed by atoms with E-state index in [0.29, 0.717) is 0 Å². The second kappa shape index (κ2) is 6.76.